The van der Waals surface area contributed by atoms with Gasteiger partial charge in [0, 0.05) is 17.8 Å². The van der Waals surface area contributed by atoms with Crippen LogP contribution in [0.4, 0.5) is 5.69 Å². The van der Waals surface area contributed by atoms with E-state index < -0.39 is 0 Å². The molecule has 0 saturated heterocycles. The largest absolute Gasteiger partial charge is 0.385 e. The molecule has 0 spiro atoms. The Kier molecular flexibility index (Phi) is 1.87. The van der Waals surface area contributed by atoms with Gasteiger partial charge in [0.1, 0.15) is 6.61 Å². The average molecular weight is 165 g/mol. The van der Waals surface area contributed by atoms with Gasteiger partial charge in [-0.15, -0.1) is 0 Å². The quantitative estimate of drug-likeness (QED) is 0.679. The van der Waals surface area contributed by atoms with Crippen LogP contribution < -0.4 is 10.2 Å². The SMILES string of the molecule is CCNc1ccc2c(c1)COO2. The van der Waals surface area contributed by atoms with Crippen LogP contribution in [0.1, 0.15) is 12.5 Å². The van der Waals surface area contributed by atoms with Gasteiger partial charge in [-0.2, -0.15) is 4.89 Å². The van der Waals surface area contributed by atoms with Crippen molar-refractivity contribution in [3.05, 3.63) is 23.8 Å². The van der Waals surface area contributed by atoms with Crippen molar-refractivity contribution >= 4 is 5.69 Å². The maximum atomic E-state index is 4.90. The van der Waals surface area contributed by atoms with Crippen LogP contribution in [0, 0.1) is 0 Å². The predicted molar refractivity (Wildman–Crippen MR) is 46.0 cm³/mol. The van der Waals surface area contributed by atoms with Crippen molar-refractivity contribution in [3.63, 3.8) is 0 Å². The molecular formula is C9H11NO2. The number of fused-ring (bicyclic) bond motifs is 1. The zero-order valence-electron chi connectivity index (χ0n) is 6.96. The zero-order valence-corrected chi connectivity index (χ0v) is 6.96. The Labute approximate surface area is 71.2 Å². The van der Waals surface area contributed by atoms with E-state index in [4.69, 9.17) is 9.78 Å². The van der Waals surface area contributed by atoms with Crippen molar-refractivity contribution in [1.29, 1.82) is 0 Å². The van der Waals surface area contributed by atoms with Gasteiger partial charge in [-0.05, 0) is 25.1 Å². The van der Waals surface area contributed by atoms with Gasteiger partial charge in [-0.1, -0.05) is 0 Å². The Bertz CT molecular complexity index is 286. The fourth-order valence-electron chi connectivity index (χ4n) is 1.24. The molecule has 0 atom stereocenters. The molecule has 1 aromatic carbocycles. The first-order valence-electron chi connectivity index (χ1n) is 4.06. The summed E-state index contributed by atoms with van der Waals surface area (Å²) in [5.41, 5.74) is 2.22. The zero-order chi connectivity index (χ0) is 8.39. The van der Waals surface area contributed by atoms with Gasteiger partial charge in [0.2, 0.25) is 0 Å². The molecule has 2 rings (SSSR count). The second-order valence-corrected chi connectivity index (χ2v) is 2.70. The maximum absolute atomic E-state index is 4.90. The van der Waals surface area contributed by atoms with Gasteiger partial charge in [-0.3, -0.25) is 0 Å². The molecule has 0 radical (unpaired) electrons. The van der Waals surface area contributed by atoms with Crippen LogP contribution in [0.25, 0.3) is 0 Å². The summed E-state index contributed by atoms with van der Waals surface area (Å²) < 4.78 is 0. The lowest BCUT2D eigenvalue weighted by Crippen LogP contribution is -1.96. The van der Waals surface area contributed by atoms with E-state index in [1.165, 1.54) is 0 Å². The molecule has 1 aliphatic heterocycles. The summed E-state index contributed by atoms with van der Waals surface area (Å²) in [6, 6.07) is 5.95. The highest BCUT2D eigenvalue weighted by atomic mass is 17.2. The molecular weight excluding hydrogens is 154 g/mol. The number of hydrogen-bond donors (Lipinski definition) is 1. The lowest BCUT2D eigenvalue weighted by atomic mass is 10.2. The molecule has 12 heavy (non-hydrogen) atoms. The van der Waals surface area contributed by atoms with E-state index in [9.17, 15) is 0 Å². The van der Waals surface area contributed by atoms with E-state index in [-0.39, 0.29) is 0 Å². The summed E-state index contributed by atoms with van der Waals surface area (Å²) in [6.45, 7) is 3.55. The standard InChI is InChI=1S/C9H11NO2/c1-2-10-8-3-4-9-7(5-8)6-11-12-9/h3-5,10H,2,6H2,1H3. The fourth-order valence-corrected chi connectivity index (χ4v) is 1.24. The van der Waals surface area contributed by atoms with Gasteiger partial charge in [0.15, 0.2) is 5.75 Å². The molecule has 1 aliphatic rings. The number of nitrogens with one attached hydrogen (secondary N) is 1. The van der Waals surface area contributed by atoms with Crippen molar-refractivity contribution in [3.8, 4) is 5.75 Å². The van der Waals surface area contributed by atoms with Crippen LogP contribution in [-0.2, 0) is 11.5 Å². The fraction of sp³-hybridized carbons (Fsp3) is 0.333. The molecule has 1 heterocycles. The summed E-state index contributed by atoms with van der Waals surface area (Å²) in [5, 5.41) is 3.23. The first-order chi connectivity index (χ1) is 5.90. The van der Waals surface area contributed by atoms with E-state index in [0.29, 0.717) is 6.61 Å². The molecule has 0 saturated carbocycles. The van der Waals surface area contributed by atoms with Gasteiger partial charge < -0.3 is 10.2 Å². The van der Waals surface area contributed by atoms with Crippen LogP contribution >= 0.6 is 0 Å². The summed E-state index contributed by atoms with van der Waals surface area (Å²) in [4.78, 5) is 9.72. The molecule has 64 valence electrons. The molecule has 3 heteroatoms. The van der Waals surface area contributed by atoms with Crippen molar-refractivity contribution < 1.29 is 9.78 Å². The normalized spacial score (nSPS) is 13.8. The topological polar surface area (TPSA) is 30.5 Å². The molecule has 0 aromatic heterocycles. The van der Waals surface area contributed by atoms with Crippen molar-refractivity contribution in [2.24, 2.45) is 0 Å². The minimum atomic E-state index is 0.550. The van der Waals surface area contributed by atoms with Crippen LogP contribution in [0.2, 0.25) is 0 Å². The lowest BCUT2D eigenvalue weighted by Gasteiger charge is -2.02. The summed E-state index contributed by atoms with van der Waals surface area (Å²) in [6.07, 6.45) is 0. The van der Waals surface area contributed by atoms with Crippen LogP contribution in [-0.4, -0.2) is 6.54 Å². The average Bonchev–Trinajstić information content (AvgIpc) is 2.51. The Morgan fingerprint density at radius 2 is 2.42 bits per heavy atom. The van der Waals surface area contributed by atoms with Crippen LogP contribution in [0.15, 0.2) is 18.2 Å². The molecule has 0 fully saturated rings. The predicted octanol–water partition coefficient (Wildman–Crippen LogP) is 1.94. The third kappa shape index (κ3) is 1.23. The van der Waals surface area contributed by atoms with Gasteiger partial charge >= 0.3 is 0 Å². The Hall–Kier alpha value is -1.22. The summed E-state index contributed by atoms with van der Waals surface area (Å²) >= 11 is 0. The third-order valence-electron chi connectivity index (χ3n) is 1.80. The molecule has 3 nitrogen and oxygen atoms in total. The first-order valence-corrected chi connectivity index (χ1v) is 4.06. The highest BCUT2D eigenvalue weighted by Gasteiger charge is 2.13. The second kappa shape index (κ2) is 3.03. The monoisotopic (exact) mass is 165 g/mol. The smallest absolute Gasteiger partial charge is 0.171 e. The Morgan fingerprint density at radius 1 is 1.50 bits per heavy atom. The lowest BCUT2D eigenvalue weighted by molar-refractivity contribution is -0.194. The van der Waals surface area contributed by atoms with Gasteiger partial charge in [0.25, 0.3) is 0 Å². The number of anilines is 1. The highest BCUT2D eigenvalue weighted by Crippen LogP contribution is 2.28. The minimum Gasteiger partial charge on any atom is -0.385 e. The van der Waals surface area contributed by atoms with Crippen LogP contribution in [0.5, 0.6) is 5.75 Å². The van der Waals surface area contributed by atoms with Crippen molar-refractivity contribution in [2.75, 3.05) is 11.9 Å². The second-order valence-electron chi connectivity index (χ2n) is 2.70. The summed E-state index contributed by atoms with van der Waals surface area (Å²) in [7, 11) is 0. The van der Waals surface area contributed by atoms with Gasteiger partial charge in [-0.25, -0.2) is 0 Å². The molecule has 0 aliphatic carbocycles. The molecule has 0 bridgehead atoms. The van der Waals surface area contributed by atoms with E-state index in [1.807, 2.05) is 18.2 Å². The Balaban J connectivity index is 2.26. The van der Waals surface area contributed by atoms with Crippen molar-refractivity contribution in [2.45, 2.75) is 13.5 Å². The maximum Gasteiger partial charge on any atom is 0.171 e. The van der Waals surface area contributed by atoms with E-state index in [0.717, 1.165) is 23.5 Å². The van der Waals surface area contributed by atoms with E-state index >= 15 is 0 Å². The molecule has 0 amide bonds. The number of rotatable bonds is 2. The van der Waals surface area contributed by atoms with Gasteiger partial charge in [0.05, 0.1) is 0 Å². The van der Waals surface area contributed by atoms with Crippen molar-refractivity contribution in [1.82, 2.24) is 0 Å². The highest BCUT2D eigenvalue weighted by molar-refractivity contribution is 5.51. The van der Waals surface area contributed by atoms with Crippen LogP contribution in [0.3, 0.4) is 0 Å². The van der Waals surface area contributed by atoms with E-state index in [1.54, 1.807) is 0 Å². The minimum absolute atomic E-state index is 0.550. The third-order valence-corrected chi connectivity index (χ3v) is 1.80. The Morgan fingerprint density at radius 3 is 3.25 bits per heavy atom. The molecule has 1 N–H and O–H groups in total. The summed E-state index contributed by atoms with van der Waals surface area (Å²) in [5.74, 6) is 0.830. The molecule has 1 aromatic rings. The first kappa shape index (κ1) is 7.43. The number of hydrogen-bond acceptors (Lipinski definition) is 3. The number of benzene rings is 1. The van der Waals surface area contributed by atoms with E-state index in [2.05, 4.69) is 12.2 Å². The molecule has 0 unspecified atom stereocenters.